The first kappa shape index (κ1) is 25.5. The first-order chi connectivity index (χ1) is 17.5. The summed E-state index contributed by atoms with van der Waals surface area (Å²) in [5.41, 5.74) is 3.59. The van der Waals surface area contributed by atoms with E-state index in [1.165, 1.54) is 12.8 Å². The second kappa shape index (κ2) is 12.4. The average Bonchev–Trinajstić information content (AvgIpc) is 3.34. The third-order valence-corrected chi connectivity index (χ3v) is 6.81. The summed E-state index contributed by atoms with van der Waals surface area (Å²) in [6, 6.07) is 26.2. The van der Waals surface area contributed by atoms with Crippen molar-refractivity contribution in [3.05, 3.63) is 102 Å². The second-order valence-corrected chi connectivity index (χ2v) is 9.53. The summed E-state index contributed by atoms with van der Waals surface area (Å²) in [4.78, 5) is 28.8. The Hall–Kier alpha value is -3.64. The van der Waals surface area contributed by atoms with Crippen LogP contribution in [-0.2, 0) is 17.6 Å². The number of carbonyl (C=O) groups is 2. The van der Waals surface area contributed by atoms with Gasteiger partial charge in [0.15, 0.2) is 0 Å². The number of nitrogens with zero attached hydrogens (tertiary/aromatic N) is 1. The molecule has 6 nitrogen and oxygen atoms in total. The molecule has 1 unspecified atom stereocenters. The second-order valence-electron chi connectivity index (χ2n) is 9.53. The van der Waals surface area contributed by atoms with Crippen LogP contribution in [0.5, 0.6) is 0 Å². The van der Waals surface area contributed by atoms with E-state index in [-0.39, 0.29) is 18.4 Å². The number of anilines is 1. The minimum absolute atomic E-state index is 0.191. The monoisotopic (exact) mass is 485 g/mol. The Labute approximate surface area is 213 Å². The van der Waals surface area contributed by atoms with Crippen LogP contribution in [0.4, 0.5) is 5.69 Å². The predicted molar refractivity (Wildman–Crippen MR) is 143 cm³/mol. The average molecular weight is 486 g/mol. The lowest BCUT2D eigenvalue weighted by Gasteiger charge is -2.24. The highest BCUT2D eigenvalue weighted by molar-refractivity contribution is 5.98. The van der Waals surface area contributed by atoms with Crippen molar-refractivity contribution in [1.29, 1.82) is 0 Å². The van der Waals surface area contributed by atoms with Crippen LogP contribution < -0.4 is 15.5 Å². The molecule has 6 heteroatoms. The van der Waals surface area contributed by atoms with Crippen LogP contribution in [0.25, 0.3) is 0 Å². The Morgan fingerprint density at radius 2 is 1.50 bits per heavy atom. The van der Waals surface area contributed by atoms with Gasteiger partial charge in [-0.1, -0.05) is 60.7 Å². The van der Waals surface area contributed by atoms with Crippen LogP contribution in [0.15, 0.2) is 84.9 Å². The molecule has 3 N–H and O–H groups in total. The smallest absolute Gasteiger partial charge is 0.251 e. The zero-order chi connectivity index (χ0) is 25.3. The van der Waals surface area contributed by atoms with Crippen LogP contribution >= 0.6 is 0 Å². The summed E-state index contributed by atoms with van der Waals surface area (Å²) in [6.07, 6.45) is 3.22. The number of hydrogen-bond donors (Lipinski definition) is 3. The van der Waals surface area contributed by atoms with Crippen LogP contribution in [0.1, 0.15) is 41.3 Å². The number of aliphatic hydroxyl groups excluding tert-OH is 1. The predicted octanol–water partition coefficient (Wildman–Crippen LogP) is 3.74. The van der Waals surface area contributed by atoms with Gasteiger partial charge in [0.2, 0.25) is 5.91 Å². The minimum Gasteiger partial charge on any atom is -0.394 e. The van der Waals surface area contributed by atoms with E-state index in [1.807, 2.05) is 84.9 Å². The normalized spacial score (nSPS) is 16.8. The van der Waals surface area contributed by atoms with E-state index >= 15 is 0 Å². The Balaban J connectivity index is 1.45. The molecule has 0 aliphatic carbocycles. The fourth-order valence-electron chi connectivity index (χ4n) is 4.78. The van der Waals surface area contributed by atoms with Crippen LogP contribution in [0, 0.1) is 0 Å². The van der Waals surface area contributed by atoms with Gasteiger partial charge in [0.1, 0.15) is 6.04 Å². The first-order valence-electron chi connectivity index (χ1n) is 12.7. The molecule has 2 amide bonds. The van der Waals surface area contributed by atoms with Crippen LogP contribution in [0.3, 0.4) is 0 Å². The molecule has 0 bridgehead atoms. The molecule has 0 aromatic heterocycles. The summed E-state index contributed by atoms with van der Waals surface area (Å²) in [7, 11) is 0. The zero-order valence-electron chi connectivity index (χ0n) is 20.8. The maximum Gasteiger partial charge on any atom is 0.251 e. The summed E-state index contributed by atoms with van der Waals surface area (Å²) in [6.45, 7) is 3.06. The van der Waals surface area contributed by atoms with E-state index in [0.717, 1.165) is 23.4 Å². The molecular formula is C30H35N3O3. The van der Waals surface area contributed by atoms with E-state index in [1.54, 1.807) is 0 Å². The Morgan fingerprint density at radius 3 is 2.06 bits per heavy atom. The summed E-state index contributed by atoms with van der Waals surface area (Å²) in [5, 5.41) is 15.8. The highest BCUT2D eigenvalue weighted by Crippen LogP contribution is 2.25. The molecule has 1 fully saturated rings. The van der Waals surface area contributed by atoms with Gasteiger partial charge >= 0.3 is 0 Å². The molecule has 1 heterocycles. The van der Waals surface area contributed by atoms with E-state index in [9.17, 15) is 14.7 Å². The fourth-order valence-corrected chi connectivity index (χ4v) is 4.78. The SMILES string of the molecule is CC1CCCN1c1ccc(C(=O)N[C@@H](Cc2ccccc2)C(=O)N[C@H](CO)Cc2ccccc2)cc1. The van der Waals surface area contributed by atoms with Crippen molar-refractivity contribution >= 4 is 17.5 Å². The van der Waals surface area contributed by atoms with Gasteiger partial charge in [-0.25, -0.2) is 0 Å². The fraction of sp³-hybridized carbons (Fsp3) is 0.333. The lowest BCUT2D eigenvalue weighted by atomic mass is 10.0. The summed E-state index contributed by atoms with van der Waals surface area (Å²) >= 11 is 0. The van der Waals surface area contributed by atoms with Crippen molar-refractivity contribution < 1.29 is 14.7 Å². The van der Waals surface area contributed by atoms with Crippen molar-refractivity contribution in [3.63, 3.8) is 0 Å². The highest BCUT2D eigenvalue weighted by Gasteiger charge is 2.25. The molecule has 1 saturated heterocycles. The maximum absolute atomic E-state index is 13.3. The van der Waals surface area contributed by atoms with Crippen molar-refractivity contribution in [2.24, 2.45) is 0 Å². The molecule has 3 aromatic rings. The van der Waals surface area contributed by atoms with Crippen molar-refractivity contribution in [3.8, 4) is 0 Å². The molecule has 0 spiro atoms. The van der Waals surface area contributed by atoms with Crippen molar-refractivity contribution in [1.82, 2.24) is 10.6 Å². The number of amides is 2. The molecule has 1 aliphatic rings. The number of hydrogen-bond acceptors (Lipinski definition) is 4. The number of aliphatic hydroxyl groups is 1. The van der Waals surface area contributed by atoms with Gasteiger partial charge in [0, 0.05) is 30.3 Å². The first-order valence-corrected chi connectivity index (χ1v) is 12.7. The van der Waals surface area contributed by atoms with Gasteiger partial charge in [-0.05, 0) is 61.6 Å². The molecule has 4 rings (SSSR count). The third kappa shape index (κ3) is 6.73. The number of rotatable bonds is 10. The maximum atomic E-state index is 13.3. The van der Waals surface area contributed by atoms with Gasteiger partial charge < -0.3 is 20.6 Å². The lowest BCUT2D eigenvalue weighted by molar-refractivity contribution is -0.124. The lowest BCUT2D eigenvalue weighted by Crippen LogP contribution is -2.52. The van der Waals surface area contributed by atoms with E-state index in [4.69, 9.17) is 0 Å². The topological polar surface area (TPSA) is 81.7 Å². The van der Waals surface area contributed by atoms with E-state index < -0.39 is 12.1 Å². The van der Waals surface area contributed by atoms with Gasteiger partial charge in [0.05, 0.1) is 12.6 Å². The quantitative estimate of drug-likeness (QED) is 0.409. The Morgan fingerprint density at radius 1 is 0.889 bits per heavy atom. The van der Waals surface area contributed by atoms with E-state index in [2.05, 4.69) is 22.5 Å². The Bertz CT molecular complexity index is 1120. The van der Waals surface area contributed by atoms with Gasteiger partial charge in [-0.3, -0.25) is 9.59 Å². The molecule has 188 valence electrons. The molecule has 36 heavy (non-hydrogen) atoms. The van der Waals surface area contributed by atoms with Crippen molar-refractivity contribution in [2.75, 3.05) is 18.1 Å². The standard InChI is InChI=1S/C30H35N3O3/c1-22-9-8-18-33(22)27-16-14-25(15-17-27)29(35)32-28(20-24-12-6-3-7-13-24)30(36)31-26(21-34)19-23-10-4-2-5-11-23/h2-7,10-17,22,26,28,34H,8-9,18-21H2,1H3,(H,31,36)(H,32,35)/t22?,26-,28-/m0/s1. The molecule has 3 atom stereocenters. The number of carbonyl (C=O) groups excluding carboxylic acids is 2. The number of nitrogens with one attached hydrogen (secondary N) is 2. The third-order valence-electron chi connectivity index (χ3n) is 6.81. The minimum atomic E-state index is -0.775. The van der Waals surface area contributed by atoms with Gasteiger partial charge in [0.25, 0.3) is 5.91 Å². The van der Waals surface area contributed by atoms with Gasteiger partial charge in [-0.15, -0.1) is 0 Å². The molecule has 1 aliphatic heterocycles. The van der Waals surface area contributed by atoms with Crippen LogP contribution in [0.2, 0.25) is 0 Å². The summed E-state index contributed by atoms with van der Waals surface area (Å²) < 4.78 is 0. The zero-order valence-corrected chi connectivity index (χ0v) is 20.8. The highest BCUT2D eigenvalue weighted by atomic mass is 16.3. The Kier molecular flexibility index (Phi) is 8.74. The van der Waals surface area contributed by atoms with Gasteiger partial charge in [-0.2, -0.15) is 0 Å². The van der Waals surface area contributed by atoms with Crippen LogP contribution in [-0.4, -0.2) is 48.2 Å². The number of benzene rings is 3. The summed E-state index contributed by atoms with van der Waals surface area (Å²) in [5.74, 6) is -0.611. The molecule has 3 aromatic carbocycles. The molecular weight excluding hydrogens is 450 g/mol. The van der Waals surface area contributed by atoms with E-state index in [0.29, 0.717) is 24.4 Å². The van der Waals surface area contributed by atoms with Crippen molar-refractivity contribution in [2.45, 2.75) is 50.7 Å². The largest absolute Gasteiger partial charge is 0.394 e. The molecule has 0 radical (unpaired) electrons. The molecule has 0 saturated carbocycles.